The third-order valence-corrected chi connectivity index (χ3v) is 3.54. The Bertz CT molecular complexity index is 893. The standard InChI is InChI=1S/C16H13ClF3N3O4/c1-26-13(24)8-11(15(25)27-2)21-10-5-3-4-9(17)14(10)23-7-6-12(22-23)16(18,19)20/h3-8,21H,1-2H3/b11-8+. The van der Waals surface area contributed by atoms with E-state index in [1.54, 1.807) is 0 Å². The van der Waals surface area contributed by atoms with Crippen LogP contribution in [0.1, 0.15) is 5.69 Å². The van der Waals surface area contributed by atoms with E-state index in [0.29, 0.717) is 0 Å². The summed E-state index contributed by atoms with van der Waals surface area (Å²) in [6.07, 6.45) is -2.74. The second-order valence-corrected chi connectivity index (χ2v) is 5.38. The molecular formula is C16H13ClF3N3O4. The second kappa shape index (κ2) is 8.12. The number of hydrogen-bond donors (Lipinski definition) is 1. The third kappa shape index (κ3) is 4.79. The molecule has 0 atom stereocenters. The number of rotatable bonds is 5. The van der Waals surface area contributed by atoms with Crippen LogP contribution in [0.5, 0.6) is 0 Å². The SMILES string of the molecule is COC(=O)/C=C(/Nc1cccc(Cl)c1-n1ccc(C(F)(F)F)n1)C(=O)OC. The lowest BCUT2D eigenvalue weighted by Gasteiger charge is -2.15. The van der Waals surface area contributed by atoms with Crippen molar-refractivity contribution in [2.75, 3.05) is 19.5 Å². The average molecular weight is 404 g/mol. The molecule has 0 aliphatic heterocycles. The zero-order valence-electron chi connectivity index (χ0n) is 14.0. The summed E-state index contributed by atoms with van der Waals surface area (Å²) in [6, 6.07) is 5.14. The van der Waals surface area contributed by atoms with E-state index in [-0.39, 0.29) is 22.1 Å². The number of methoxy groups -OCH3 is 2. The van der Waals surface area contributed by atoms with Gasteiger partial charge in [0.05, 0.1) is 31.0 Å². The molecular weight excluding hydrogens is 391 g/mol. The first-order valence-electron chi connectivity index (χ1n) is 7.24. The van der Waals surface area contributed by atoms with Crippen molar-refractivity contribution >= 4 is 29.2 Å². The molecule has 1 aromatic carbocycles. The molecule has 144 valence electrons. The predicted molar refractivity (Wildman–Crippen MR) is 89.3 cm³/mol. The Morgan fingerprint density at radius 3 is 2.48 bits per heavy atom. The van der Waals surface area contributed by atoms with Crippen molar-refractivity contribution in [3.05, 3.63) is 53.0 Å². The van der Waals surface area contributed by atoms with Gasteiger partial charge in [0.1, 0.15) is 11.4 Å². The minimum absolute atomic E-state index is 0.0364. The molecule has 0 bridgehead atoms. The van der Waals surface area contributed by atoms with Crippen LogP contribution >= 0.6 is 11.6 Å². The highest BCUT2D eigenvalue weighted by molar-refractivity contribution is 6.33. The van der Waals surface area contributed by atoms with Crippen LogP contribution in [0.4, 0.5) is 18.9 Å². The Hall–Kier alpha value is -3.01. The van der Waals surface area contributed by atoms with Crippen molar-refractivity contribution in [3.8, 4) is 5.69 Å². The number of anilines is 1. The molecule has 0 spiro atoms. The quantitative estimate of drug-likeness (QED) is 0.610. The largest absolute Gasteiger partial charge is 0.466 e. The first-order valence-corrected chi connectivity index (χ1v) is 7.62. The van der Waals surface area contributed by atoms with E-state index in [1.807, 2.05) is 0 Å². The van der Waals surface area contributed by atoms with Crippen LogP contribution < -0.4 is 5.32 Å². The number of carbonyl (C=O) groups excluding carboxylic acids is 2. The minimum Gasteiger partial charge on any atom is -0.466 e. The summed E-state index contributed by atoms with van der Waals surface area (Å²) in [5.74, 6) is -1.74. The van der Waals surface area contributed by atoms with Crippen LogP contribution in [0.2, 0.25) is 5.02 Å². The number of nitrogens with zero attached hydrogens (tertiary/aromatic N) is 2. The van der Waals surface area contributed by atoms with Crippen LogP contribution in [0, 0.1) is 0 Å². The molecule has 7 nitrogen and oxygen atoms in total. The van der Waals surface area contributed by atoms with E-state index < -0.39 is 23.8 Å². The molecule has 0 radical (unpaired) electrons. The molecule has 2 aromatic rings. The third-order valence-electron chi connectivity index (χ3n) is 3.23. The van der Waals surface area contributed by atoms with Gasteiger partial charge in [-0.25, -0.2) is 14.3 Å². The smallest absolute Gasteiger partial charge is 0.435 e. The van der Waals surface area contributed by atoms with Crippen molar-refractivity contribution in [1.29, 1.82) is 0 Å². The minimum atomic E-state index is -4.64. The first kappa shape index (κ1) is 20.3. The van der Waals surface area contributed by atoms with Crippen molar-refractivity contribution < 1.29 is 32.2 Å². The predicted octanol–water partition coefficient (Wildman–Crippen LogP) is 3.19. The van der Waals surface area contributed by atoms with Gasteiger partial charge in [0.2, 0.25) is 0 Å². The normalized spacial score (nSPS) is 11.9. The second-order valence-electron chi connectivity index (χ2n) is 4.98. The number of aromatic nitrogens is 2. The molecule has 0 amide bonds. The number of alkyl halides is 3. The van der Waals surface area contributed by atoms with Crippen molar-refractivity contribution in [2.24, 2.45) is 0 Å². The molecule has 0 unspecified atom stereocenters. The maximum absolute atomic E-state index is 12.8. The Balaban J connectivity index is 2.51. The molecule has 27 heavy (non-hydrogen) atoms. The topological polar surface area (TPSA) is 82.5 Å². The summed E-state index contributed by atoms with van der Waals surface area (Å²) in [7, 11) is 2.21. The molecule has 1 N–H and O–H groups in total. The fourth-order valence-corrected chi connectivity index (χ4v) is 2.29. The fourth-order valence-electron chi connectivity index (χ4n) is 2.03. The molecule has 11 heteroatoms. The maximum atomic E-state index is 12.8. The molecule has 0 fully saturated rings. The van der Waals surface area contributed by atoms with E-state index in [9.17, 15) is 22.8 Å². The Kier molecular flexibility index (Phi) is 6.11. The number of para-hydroxylation sites is 1. The van der Waals surface area contributed by atoms with Gasteiger partial charge in [0.15, 0.2) is 5.69 Å². The lowest BCUT2D eigenvalue weighted by molar-refractivity contribution is -0.141. The lowest BCUT2D eigenvalue weighted by atomic mass is 10.2. The maximum Gasteiger partial charge on any atom is 0.435 e. The first-order chi connectivity index (χ1) is 12.7. The summed E-state index contributed by atoms with van der Waals surface area (Å²) in [5, 5.41) is 6.13. The molecule has 0 saturated carbocycles. The summed E-state index contributed by atoms with van der Waals surface area (Å²) in [5.41, 5.74) is -1.28. The fraction of sp³-hybridized carbons (Fsp3) is 0.188. The van der Waals surface area contributed by atoms with E-state index >= 15 is 0 Å². The zero-order valence-corrected chi connectivity index (χ0v) is 14.8. The van der Waals surface area contributed by atoms with E-state index in [2.05, 4.69) is 19.9 Å². The van der Waals surface area contributed by atoms with Crippen molar-refractivity contribution in [3.63, 3.8) is 0 Å². The Morgan fingerprint density at radius 1 is 1.22 bits per heavy atom. The van der Waals surface area contributed by atoms with Crippen LogP contribution in [0.25, 0.3) is 5.69 Å². The summed E-state index contributed by atoms with van der Waals surface area (Å²) in [4.78, 5) is 23.3. The number of benzene rings is 1. The van der Waals surface area contributed by atoms with Gasteiger partial charge in [-0.15, -0.1) is 0 Å². The molecule has 0 aliphatic rings. The van der Waals surface area contributed by atoms with E-state index in [0.717, 1.165) is 37.2 Å². The van der Waals surface area contributed by atoms with Gasteiger partial charge in [-0.3, -0.25) is 0 Å². The molecule has 1 aromatic heterocycles. The van der Waals surface area contributed by atoms with Gasteiger partial charge in [-0.1, -0.05) is 17.7 Å². The van der Waals surface area contributed by atoms with Crippen LogP contribution in [0.3, 0.4) is 0 Å². The van der Waals surface area contributed by atoms with E-state index in [1.165, 1.54) is 18.2 Å². The highest BCUT2D eigenvalue weighted by Gasteiger charge is 2.34. The Morgan fingerprint density at radius 2 is 1.93 bits per heavy atom. The average Bonchev–Trinajstić information content (AvgIpc) is 3.10. The van der Waals surface area contributed by atoms with E-state index in [4.69, 9.17) is 11.6 Å². The van der Waals surface area contributed by atoms with Gasteiger partial charge in [-0.2, -0.15) is 18.3 Å². The van der Waals surface area contributed by atoms with Crippen LogP contribution in [-0.2, 0) is 25.2 Å². The monoisotopic (exact) mass is 403 g/mol. The van der Waals surface area contributed by atoms with Gasteiger partial charge >= 0.3 is 18.1 Å². The number of hydrogen-bond acceptors (Lipinski definition) is 6. The Labute approximate surface area is 156 Å². The number of nitrogens with one attached hydrogen (secondary N) is 1. The number of carbonyl (C=O) groups is 2. The highest BCUT2D eigenvalue weighted by atomic mass is 35.5. The summed E-state index contributed by atoms with van der Waals surface area (Å²) < 4.78 is 48.4. The van der Waals surface area contributed by atoms with Crippen molar-refractivity contribution in [2.45, 2.75) is 6.18 Å². The number of esters is 2. The number of ether oxygens (including phenoxy) is 2. The van der Waals surface area contributed by atoms with Crippen molar-refractivity contribution in [1.82, 2.24) is 9.78 Å². The van der Waals surface area contributed by atoms with Gasteiger partial charge in [0, 0.05) is 6.20 Å². The van der Waals surface area contributed by atoms with Crippen LogP contribution in [-0.4, -0.2) is 35.9 Å². The summed E-state index contributed by atoms with van der Waals surface area (Å²) >= 11 is 6.11. The lowest BCUT2D eigenvalue weighted by Crippen LogP contribution is -2.17. The highest BCUT2D eigenvalue weighted by Crippen LogP contribution is 2.32. The summed E-state index contributed by atoms with van der Waals surface area (Å²) in [6.45, 7) is 0. The number of halogens is 4. The molecule has 2 rings (SSSR count). The van der Waals surface area contributed by atoms with Gasteiger partial charge in [-0.05, 0) is 18.2 Å². The molecule has 1 heterocycles. The van der Waals surface area contributed by atoms with Crippen LogP contribution in [0.15, 0.2) is 42.2 Å². The molecule has 0 aliphatic carbocycles. The zero-order chi connectivity index (χ0) is 20.2. The molecule has 0 saturated heterocycles. The van der Waals surface area contributed by atoms with Gasteiger partial charge in [0.25, 0.3) is 0 Å². The van der Waals surface area contributed by atoms with Gasteiger partial charge < -0.3 is 14.8 Å².